The molecule has 3 aromatic rings. The minimum Gasteiger partial charge on any atom is -0.337 e. The van der Waals surface area contributed by atoms with Crippen LogP contribution in [-0.4, -0.2) is 48.2 Å². The van der Waals surface area contributed by atoms with Gasteiger partial charge in [0.2, 0.25) is 5.95 Å². The van der Waals surface area contributed by atoms with E-state index >= 15 is 0 Å². The Labute approximate surface area is 189 Å². The summed E-state index contributed by atoms with van der Waals surface area (Å²) in [6, 6.07) is 11.6. The van der Waals surface area contributed by atoms with Gasteiger partial charge >= 0.3 is 5.69 Å². The van der Waals surface area contributed by atoms with E-state index < -0.39 is 16.3 Å². The van der Waals surface area contributed by atoms with Crippen LogP contribution < -0.4 is 10.6 Å². The number of rotatable bonds is 3. The average Bonchev–Trinajstić information content (AvgIpc) is 2.68. The van der Waals surface area contributed by atoms with Gasteiger partial charge in [-0.1, -0.05) is 34.8 Å². The van der Waals surface area contributed by atoms with E-state index in [1.54, 1.807) is 47.4 Å². The molecule has 0 unspecified atom stereocenters. The lowest BCUT2D eigenvalue weighted by atomic mass is 10.2. The molecule has 158 valence electrons. The average molecular weight is 488 g/mol. The zero-order valence-corrected chi connectivity index (χ0v) is 18.6. The van der Waals surface area contributed by atoms with Gasteiger partial charge in [0, 0.05) is 28.7 Å². The van der Waals surface area contributed by atoms with Gasteiger partial charge in [-0.25, -0.2) is 9.36 Å². The molecular formula is C19H17Cl3N4O3S. The molecule has 2 heterocycles. The topological polar surface area (TPSA) is 91.5 Å². The van der Waals surface area contributed by atoms with Gasteiger partial charge in [0.05, 0.1) is 22.2 Å². The normalized spacial score (nSPS) is 17.0. The molecule has 0 radical (unpaired) electrons. The van der Waals surface area contributed by atoms with Crippen molar-refractivity contribution in [1.29, 1.82) is 0 Å². The molecule has 1 aromatic heterocycles. The summed E-state index contributed by atoms with van der Waals surface area (Å²) >= 11 is 18.4. The number of nitrogens with zero attached hydrogens (tertiary/aromatic N) is 4. The van der Waals surface area contributed by atoms with Gasteiger partial charge in [-0.2, -0.15) is 20.6 Å². The van der Waals surface area contributed by atoms with Crippen molar-refractivity contribution in [3.8, 4) is 17.1 Å². The predicted molar refractivity (Wildman–Crippen MR) is 123 cm³/mol. The summed E-state index contributed by atoms with van der Waals surface area (Å²) < 4.78 is 21.1. The number of halogens is 3. The molecule has 1 aliphatic heterocycles. The summed E-state index contributed by atoms with van der Waals surface area (Å²) in [5.41, 5.74) is 0.503. The first-order valence-corrected chi connectivity index (χ1v) is 12.0. The lowest BCUT2D eigenvalue weighted by Crippen LogP contribution is -2.41. The Hall–Kier alpha value is -1.81. The molecule has 4 rings (SSSR count). The predicted octanol–water partition coefficient (Wildman–Crippen LogP) is 4.83. The van der Waals surface area contributed by atoms with Gasteiger partial charge in [0.25, 0.3) is 0 Å². The molecule has 0 spiro atoms. The van der Waals surface area contributed by atoms with E-state index in [0.717, 1.165) is 0 Å². The van der Waals surface area contributed by atoms with Crippen LogP contribution in [0.2, 0.25) is 15.1 Å². The smallest absolute Gasteiger partial charge is 0.337 e. The fraction of sp³-hybridized carbons (Fsp3) is 0.211. The lowest BCUT2D eigenvalue weighted by Gasteiger charge is -2.40. The summed E-state index contributed by atoms with van der Waals surface area (Å²) in [7, 11) is -2.59. The van der Waals surface area contributed by atoms with Crippen LogP contribution in [-0.2, 0) is 0 Å². The highest BCUT2D eigenvalue weighted by atomic mass is 35.5. The molecule has 1 fully saturated rings. The summed E-state index contributed by atoms with van der Waals surface area (Å²) in [5.74, 6) is 0.911. The molecule has 2 N–H and O–H groups in total. The molecule has 0 bridgehead atoms. The second-order valence-corrected chi connectivity index (χ2v) is 10.5. The fourth-order valence-corrected chi connectivity index (χ4v) is 4.99. The van der Waals surface area contributed by atoms with E-state index in [1.807, 2.05) is 0 Å². The quantitative estimate of drug-likeness (QED) is 0.550. The molecule has 0 amide bonds. The third-order valence-corrected chi connectivity index (χ3v) is 7.19. The van der Waals surface area contributed by atoms with E-state index in [-0.39, 0.29) is 17.5 Å². The van der Waals surface area contributed by atoms with Crippen molar-refractivity contribution in [2.24, 2.45) is 0 Å². The summed E-state index contributed by atoms with van der Waals surface area (Å²) in [5, 5.41) is 1.32. The SMILES string of the molecule is O=c1nc(N2CCS(O)(O)CC2)nc(-c2ccc(Cl)cc2Cl)n1-c1ccc(Cl)cc1. The van der Waals surface area contributed by atoms with Crippen LogP contribution in [0.3, 0.4) is 0 Å². The van der Waals surface area contributed by atoms with Crippen molar-refractivity contribution in [1.82, 2.24) is 14.5 Å². The van der Waals surface area contributed by atoms with Gasteiger partial charge < -0.3 is 4.90 Å². The molecule has 2 aromatic carbocycles. The van der Waals surface area contributed by atoms with Crippen molar-refractivity contribution < 1.29 is 9.11 Å². The Morgan fingerprint density at radius 3 is 2.17 bits per heavy atom. The highest BCUT2D eigenvalue weighted by Crippen LogP contribution is 2.41. The van der Waals surface area contributed by atoms with Gasteiger partial charge in [-0.05, 0) is 42.5 Å². The van der Waals surface area contributed by atoms with Gasteiger partial charge in [0.1, 0.15) is 0 Å². The van der Waals surface area contributed by atoms with Crippen molar-refractivity contribution in [2.75, 3.05) is 29.5 Å². The van der Waals surface area contributed by atoms with E-state index in [1.165, 1.54) is 4.57 Å². The van der Waals surface area contributed by atoms with E-state index in [0.29, 0.717) is 45.2 Å². The first kappa shape index (κ1) is 21.4. The van der Waals surface area contributed by atoms with Crippen molar-refractivity contribution in [2.45, 2.75) is 0 Å². The summed E-state index contributed by atoms with van der Waals surface area (Å²) in [6.07, 6.45) is 0. The summed E-state index contributed by atoms with van der Waals surface area (Å²) in [4.78, 5) is 23.6. The molecule has 0 atom stereocenters. The van der Waals surface area contributed by atoms with Crippen LogP contribution >= 0.6 is 45.4 Å². The molecule has 11 heteroatoms. The maximum Gasteiger partial charge on any atom is 0.357 e. The maximum absolute atomic E-state index is 13.1. The third kappa shape index (κ3) is 4.44. The fourth-order valence-electron chi connectivity index (χ4n) is 3.14. The minimum absolute atomic E-state index is 0.202. The molecule has 0 aliphatic carbocycles. The molecule has 7 nitrogen and oxygen atoms in total. The van der Waals surface area contributed by atoms with Crippen molar-refractivity contribution in [3.05, 3.63) is 68.0 Å². The largest absolute Gasteiger partial charge is 0.357 e. The Morgan fingerprint density at radius 2 is 1.53 bits per heavy atom. The third-order valence-electron chi connectivity index (χ3n) is 4.72. The first-order valence-electron chi connectivity index (χ1n) is 8.94. The number of benzene rings is 2. The van der Waals surface area contributed by atoms with Gasteiger partial charge in [-0.3, -0.25) is 9.11 Å². The first-order chi connectivity index (χ1) is 14.2. The molecule has 30 heavy (non-hydrogen) atoms. The van der Waals surface area contributed by atoms with E-state index in [4.69, 9.17) is 34.8 Å². The zero-order chi connectivity index (χ0) is 21.5. The Bertz CT molecular complexity index is 1140. The Morgan fingerprint density at radius 1 is 0.900 bits per heavy atom. The van der Waals surface area contributed by atoms with Gasteiger partial charge in [-0.15, -0.1) is 0 Å². The number of hydrogen-bond acceptors (Lipinski definition) is 6. The monoisotopic (exact) mass is 486 g/mol. The maximum atomic E-state index is 13.1. The second kappa shape index (κ2) is 8.37. The lowest BCUT2D eigenvalue weighted by molar-refractivity contribution is 0.478. The Balaban J connectivity index is 1.88. The molecule has 1 aliphatic rings. The highest BCUT2D eigenvalue weighted by Gasteiger charge is 2.26. The van der Waals surface area contributed by atoms with E-state index in [2.05, 4.69) is 9.97 Å². The van der Waals surface area contributed by atoms with Gasteiger partial charge in [0.15, 0.2) is 5.82 Å². The van der Waals surface area contributed by atoms with Crippen molar-refractivity contribution >= 4 is 51.3 Å². The minimum atomic E-state index is -2.59. The van der Waals surface area contributed by atoms with E-state index in [9.17, 15) is 13.9 Å². The van der Waals surface area contributed by atoms with Crippen LogP contribution in [0.25, 0.3) is 17.1 Å². The number of aromatic nitrogens is 3. The van der Waals surface area contributed by atoms with Crippen LogP contribution in [0.1, 0.15) is 0 Å². The summed E-state index contributed by atoms with van der Waals surface area (Å²) in [6.45, 7) is 0.668. The van der Waals surface area contributed by atoms with Crippen molar-refractivity contribution in [3.63, 3.8) is 0 Å². The van der Waals surface area contributed by atoms with Crippen LogP contribution in [0.4, 0.5) is 5.95 Å². The molecular weight excluding hydrogens is 471 g/mol. The standard InChI is InChI=1S/C19H17Cl3N4O3S/c20-12-1-4-14(5-2-12)26-17(15-6-3-13(21)11-16(15)22)23-18(24-19(26)27)25-7-9-30(28,29)10-8-25/h1-6,11,28-29H,7-10H2. The molecule has 0 saturated carbocycles. The number of anilines is 1. The molecule has 1 saturated heterocycles. The van der Waals surface area contributed by atoms with Crippen LogP contribution in [0.15, 0.2) is 47.3 Å². The number of hydrogen-bond donors (Lipinski definition) is 2. The Kier molecular flexibility index (Phi) is 5.98. The highest BCUT2D eigenvalue weighted by molar-refractivity contribution is 8.24. The second-order valence-electron chi connectivity index (χ2n) is 6.76. The van der Waals surface area contributed by atoms with Crippen LogP contribution in [0.5, 0.6) is 0 Å². The van der Waals surface area contributed by atoms with Crippen LogP contribution in [0, 0.1) is 0 Å². The zero-order valence-electron chi connectivity index (χ0n) is 15.5.